The van der Waals surface area contributed by atoms with Gasteiger partial charge in [-0.15, -0.1) is 0 Å². The minimum Gasteiger partial charge on any atom is -0.497 e. The molecule has 7 nitrogen and oxygen atoms in total. The van der Waals surface area contributed by atoms with E-state index in [0.29, 0.717) is 22.9 Å². The number of carbonyl (C=O) groups excluding carboxylic acids is 2. The van der Waals surface area contributed by atoms with Gasteiger partial charge >= 0.3 is 11.9 Å². The van der Waals surface area contributed by atoms with Crippen molar-refractivity contribution in [2.24, 2.45) is 0 Å². The summed E-state index contributed by atoms with van der Waals surface area (Å²) in [5.41, 5.74) is 1.50. The number of fused-ring (bicyclic) bond motifs is 1. The van der Waals surface area contributed by atoms with E-state index in [9.17, 15) is 9.59 Å². The van der Waals surface area contributed by atoms with Crippen LogP contribution < -0.4 is 19.1 Å². The summed E-state index contributed by atoms with van der Waals surface area (Å²) in [6.45, 7) is 7.50. The second-order valence-electron chi connectivity index (χ2n) is 5.89. The number of rotatable bonds is 5. The largest absolute Gasteiger partial charge is 0.497 e. The Bertz CT molecular complexity index is 931. The molecule has 0 aliphatic carbocycles. The van der Waals surface area contributed by atoms with Gasteiger partial charge in [-0.3, -0.25) is 19.3 Å². The van der Waals surface area contributed by atoms with Crippen molar-refractivity contribution in [3.05, 3.63) is 58.9 Å². The monoisotopic (exact) mass is 366 g/mol. The number of nitrogens with zero attached hydrogens (tertiary/aromatic N) is 2. The number of benzene rings is 2. The van der Waals surface area contributed by atoms with Crippen LogP contribution in [0.5, 0.6) is 17.2 Å². The van der Waals surface area contributed by atoms with Crippen molar-refractivity contribution in [3.63, 3.8) is 0 Å². The number of Topliss-reactive ketones (excluding diaryl/α,β-unsaturated/α-hetero) is 1. The standard InChI is InChI=1S/C20H18N2O5/c1-21-18-19(23)14-9-16(26-3)17(27-4)10-15(14)22(20(18)24)11-12-5-7-13(25-2)8-6-12/h5-10,18H,11H2,2-4H3. The van der Waals surface area contributed by atoms with E-state index in [0.717, 1.165) is 5.56 Å². The summed E-state index contributed by atoms with van der Waals surface area (Å²) >= 11 is 0. The molecule has 0 spiro atoms. The average molecular weight is 366 g/mol. The summed E-state index contributed by atoms with van der Waals surface area (Å²) in [7, 11) is 4.52. The smallest absolute Gasteiger partial charge is 0.362 e. The Hall–Kier alpha value is -3.53. The van der Waals surface area contributed by atoms with E-state index >= 15 is 0 Å². The van der Waals surface area contributed by atoms with E-state index in [-0.39, 0.29) is 12.1 Å². The first-order chi connectivity index (χ1) is 13.0. The number of carbonyl (C=O) groups is 2. The zero-order valence-corrected chi connectivity index (χ0v) is 15.2. The van der Waals surface area contributed by atoms with Gasteiger partial charge in [-0.1, -0.05) is 12.1 Å². The van der Waals surface area contributed by atoms with Crippen molar-refractivity contribution in [1.82, 2.24) is 0 Å². The highest BCUT2D eigenvalue weighted by Crippen LogP contribution is 2.39. The second-order valence-corrected chi connectivity index (χ2v) is 5.89. The lowest BCUT2D eigenvalue weighted by Gasteiger charge is -2.29. The van der Waals surface area contributed by atoms with Gasteiger partial charge in [0, 0.05) is 6.07 Å². The lowest BCUT2D eigenvalue weighted by Crippen LogP contribution is -2.46. The molecule has 1 aliphatic rings. The highest BCUT2D eigenvalue weighted by atomic mass is 16.5. The Balaban J connectivity index is 2.09. The number of ketones is 1. The van der Waals surface area contributed by atoms with Gasteiger partial charge in [0.1, 0.15) is 5.75 Å². The molecule has 27 heavy (non-hydrogen) atoms. The van der Waals surface area contributed by atoms with Gasteiger partial charge in [0.05, 0.1) is 39.1 Å². The summed E-state index contributed by atoms with van der Waals surface area (Å²) in [5.74, 6) is 0.386. The van der Waals surface area contributed by atoms with Crippen LogP contribution >= 0.6 is 0 Å². The molecule has 2 aromatic carbocycles. The fourth-order valence-corrected chi connectivity index (χ4v) is 3.01. The first-order valence-corrected chi connectivity index (χ1v) is 8.15. The van der Waals surface area contributed by atoms with Gasteiger partial charge in [0.25, 0.3) is 5.78 Å². The molecule has 1 unspecified atom stereocenters. The second kappa shape index (κ2) is 7.38. The SMILES string of the molecule is [C-]#[N+]C1C(=O)c2cc(OC)c(OC)cc2N(Cc2ccc(OC)cc2)C1=O. The van der Waals surface area contributed by atoms with Crippen LogP contribution in [-0.4, -0.2) is 39.1 Å². The molecule has 1 heterocycles. The quantitative estimate of drug-likeness (QED) is 0.601. The molecule has 3 rings (SSSR count). The molecule has 0 saturated heterocycles. The number of anilines is 1. The Morgan fingerprint density at radius 2 is 1.63 bits per heavy atom. The summed E-state index contributed by atoms with van der Waals surface area (Å²) in [6.07, 6.45) is 0. The molecule has 0 radical (unpaired) electrons. The fraction of sp³-hybridized carbons (Fsp3) is 0.250. The Morgan fingerprint density at radius 1 is 1.00 bits per heavy atom. The third-order valence-electron chi connectivity index (χ3n) is 4.44. The number of hydrogen-bond acceptors (Lipinski definition) is 5. The van der Waals surface area contributed by atoms with Crippen molar-refractivity contribution in [2.45, 2.75) is 12.6 Å². The molecule has 138 valence electrons. The lowest BCUT2D eigenvalue weighted by molar-refractivity contribution is -0.118. The van der Waals surface area contributed by atoms with Crippen LogP contribution in [0, 0.1) is 6.57 Å². The molecule has 0 saturated carbocycles. The van der Waals surface area contributed by atoms with Crippen LogP contribution in [0.3, 0.4) is 0 Å². The predicted octanol–water partition coefficient (Wildman–Crippen LogP) is 2.73. The molecule has 2 aromatic rings. The topological polar surface area (TPSA) is 69.4 Å². The van der Waals surface area contributed by atoms with Crippen molar-refractivity contribution < 1.29 is 23.8 Å². The van der Waals surface area contributed by atoms with E-state index in [4.69, 9.17) is 20.8 Å². The minimum absolute atomic E-state index is 0.213. The van der Waals surface area contributed by atoms with Crippen LogP contribution in [0.4, 0.5) is 5.69 Å². The number of methoxy groups -OCH3 is 3. The molecule has 0 aromatic heterocycles. The fourth-order valence-electron chi connectivity index (χ4n) is 3.01. The Morgan fingerprint density at radius 3 is 2.19 bits per heavy atom. The maximum atomic E-state index is 12.8. The van der Waals surface area contributed by atoms with Crippen molar-refractivity contribution in [3.8, 4) is 17.2 Å². The van der Waals surface area contributed by atoms with Gasteiger partial charge in [0.15, 0.2) is 11.5 Å². The summed E-state index contributed by atoms with van der Waals surface area (Å²) in [5, 5.41) is 0. The summed E-state index contributed by atoms with van der Waals surface area (Å²) in [6, 6.07) is 8.95. The molecule has 0 fully saturated rings. The molecule has 1 atom stereocenters. The maximum absolute atomic E-state index is 12.8. The first-order valence-electron chi connectivity index (χ1n) is 8.15. The predicted molar refractivity (Wildman–Crippen MR) is 98.5 cm³/mol. The van der Waals surface area contributed by atoms with Crippen LogP contribution in [0.25, 0.3) is 4.85 Å². The normalized spacial score (nSPS) is 15.8. The summed E-state index contributed by atoms with van der Waals surface area (Å²) in [4.78, 5) is 30.1. The Labute approximate surface area is 156 Å². The molecular weight excluding hydrogens is 348 g/mol. The molecule has 0 bridgehead atoms. The Kier molecular flexibility index (Phi) is 4.99. The van der Waals surface area contributed by atoms with E-state index in [1.165, 1.54) is 25.2 Å². The maximum Gasteiger partial charge on any atom is 0.362 e. The molecular formula is C20H18N2O5. The van der Waals surface area contributed by atoms with Crippen molar-refractivity contribution >= 4 is 17.4 Å². The number of amides is 1. The van der Waals surface area contributed by atoms with E-state index in [2.05, 4.69) is 4.85 Å². The number of ether oxygens (including phenoxy) is 3. The highest BCUT2D eigenvalue weighted by molar-refractivity contribution is 6.25. The van der Waals surface area contributed by atoms with Crippen LogP contribution in [0.2, 0.25) is 0 Å². The highest BCUT2D eigenvalue weighted by Gasteiger charge is 2.45. The zero-order chi connectivity index (χ0) is 19.6. The third kappa shape index (κ3) is 3.17. The lowest BCUT2D eigenvalue weighted by atomic mass is 9.95. The van der Waals surface area contributed by atoms with Crippen molar-refractivity contribution in [1.29, 1.82) is 0 Å². The van der Waals surface area contributed by atoms with Gasteiger partial charge in [-0.25, -0.2) is 6.57 Å². The van der Waals surface area contributed by atoms with E-state index in [1.807, 2.05) is 12.1 Å². The van der Waals surface area contributed by atoms with Crippen molar-refractivity contribution in [2.75, 3.05) is 26.2 Å². The molecule has 0 N–H and O–H groups in total. The zero-order valence-electron chi connectivity index (χ0n) is 15.2. The number of hydrogen-bond donors (Lipinski definition) is 0. The molecule has 1 amide bonds. The molecule has 1 aliphatic heterocycles. The van der Waals surface area contributed by atoms with Gasteiger partial charge in [0.2, 0.25) is 0 Å². The van der Waals surface area contributed by atoms with Crippen LogP contribution in [0.15, 0.2) is 36.4 Å². The molecule has 7 heteroatoms. The minimum atomic E-state index is -1.39. The van der Waals surface area contributed by atoms with Crippen LogP contribution in [0.1, 0.15) is 15.9 Å². The first kappa shape index (κ1) is 18.3. The van der Waals surface area contributed by atoms with Gasteiger partial charge in [-0.05, 0) is 23.8 Å². The van der Waals surface area contributed by atoms with Crippen LogP contribution in [-0.2, 0) is 11.3 Å². The average Bonchev–Trinajstić information content (AvgIpc) is 2.71. The summed E-state index contributed by atoms with van der Waals surface area (Å²) < 4.78 is 15.7. The van der Waals surface area contributed by atoms with E-state index in [1.54, 1.807) is 25.3 Å². The van der Waals surface area contributed by atoms with Gasteiger partial charge < -0.3 is 14.2 Å². The third-order valence-corrected chi connectivity index (χ3v) is 4.44. The van der Waals surface area contributed by atoms with E-state index < -0.39 is 17.7 Å². The van der Waals surface area contributed by atoms with Gasteiger partial charge in [-0.2, -0.15) is 0 Å².